The summed E-state index contributed by atoms with van der Waals surface area (Å²) in [5.41, 5.74) is 1.70. The van der Waals surface area contributed by atoms with Crippen molar-refractivity contribution < 1.29 is 8.78 Å². The van der Waals surface area contributed by atoms with Crippen molar-refractivity contribution in [1.82, 2.24) is 10.2 Å². The normalized spacial score (nSPS) is 18.7. The molecule has 0 unspecified atom stereocenters. The van der Waals surface area contributed by atoms with Crippen LogP contribution in [0.5, 0.6) is 0 Å². The summed E-state index contributed by atoms with van der Waals surface area (Å²) in [7, 11) is 0. The molecule has 4 heteroatoms. The molecule has 1 aliphatic heterocycles. The maximum Gasteiger partial charge on any atom is 0.163 e. The van der Waals surface area contributed by atoms with E-state index in [1.807, 2.05) is 18.2 Å². The van der Waals surface area contributed by atoms with Crippen LogP contribution < -0.4 is 5.32 Å². The Morgan fingerprint density at radius 3 is 2.68 bits per heavy atom. The molecule has 2 aromatic carbocycles. The summed E-state index contributed by atoms with van der Waals surface area (Å²) >= 11 is 0. The third kappa shape index (κ3) is 3.70. The zero-order valence-electron chi connectivity index (χ0n) is 12.4. The lowest BCUT2D eigenvalue weighted by Crippen LogP contribution is -2.32. The Morgan fingerprint density at radius 1 is 1.05 bits per heavy atom. The average Bonchev–Trinajstić information content (AvgIpc) is 2.97. The molecule has 1 fully saturated rings. The highest BCUT2D eigenvalue weighted by atomic mass is 19.2. The van der Waals surface area contributed by atoms with Crippen molar-refractivity contribution in [1.29, 1.82) is 0 Å². The minimum Gasteiger partial charge on any atom is -0.308 e. The second-order valence-corrected chi connectivity index (χ2v) is 5.80. The first kappa shape index (κ1) is 15.1. The Kier molecular flexibility index (Phi) is 4.80. The fourth-order valence-electron chi connectivity index (χ4n) is 2.92. The summed E-state index contributed by atoms with van der Waals surface area (Å²) in [4.78, 5) is 2.38. The molecule has 1 heterocycles. The van der Waals surface area contributed by atoms with E-state index < -0.39 is 11.6 Å². The van der Waals surface area contributed by atoms with Crippen molar-refractivity contribution in [2.75, 3.05) is 13.1 Å². The predicted octanol–water partition coefficient (Wildman–Crippen LogP) is 3.33. The highest BCUT2D eigenvalue weighted by Crippen LogP contribution is 2.15. The molecule has 0 aliphatic carbocycles. The molecular formula is C18H20F2N2. The topological polar surface area (TPSA) is 15.3 Å². The van der Waals surface area contributed by atoms with Gasteiger partial charge in [0, 0.05) is 37.8 Å². The predicted molar refractivity (Wildman–Crippen MR) is 83.3 cm³/mol. The van der Waals surface area contributed by atoms with Gasteiger partial charge in [0.2, 0.25) is 0 Å². The average molecular weight is 302 g/mol. The largest absolute Gasteiger partial charge is 0.308 e. The van der Waals surface area contributed by atoms with Crippen molar-refractivity contribution in [3.8, 4) is 0 Å². The quantitative estimate of drug-likeness (QED) is 0.911. The molecule has 1 aliphatic rings. The maximum atomic E-state index is 13.6. The number of hydrogen-bond acceptors (Lipinski definition) is 2. The van der Waals surface area contributed by atoms with E-state index in [1.165, 1.54) is 5.56 Å². The monoisotopic (exact) mass is 302 g/mol. The second kappa shape index (κ2) is 6.99. The van der Waals surface area contributed by atoms with Crippen LogP contribution in [0.3, 0.4) is 0 Å². The molecule has 1 N–H and O–H groups in total. The highest BCUT2D eigenvalue weighted by Gasteiger charge is 2.22. The van der Waals surface area contributed by atoms with Crippen molar-refractivity contribution in [2.24, 2.45) is 0 Å². The SMILES string of the molecule is Fc1cccc(CN[C@@H]2CCN(Cc3ccccc3)C2)c1F. The zero-order chi connectivity index (χ0) is 15.4. The Bertz CT molecular complexity index is 616. The van der Waals surface area contributed by atoms with E-state index in [0.717, 1.165) is 32.1 Å². The lowest BCUT2D eigenvalue weighted by atomic mass is 10.2. The van der Waals surface area contributed by atoms with Gasteiger partial charge in [-0.3, -0.25) is 4.90 Å². The van der Waals surface area contributed by atoms with Gasteiger partial charge in [-0.25, -0.2) is 8.78 Å². The molecule has 3 rings (SSSR count). The van der Waals surface area contributed by atoms with Gasteiger partial charge in [-0.15, -0.1) is 0 Å². The number of hydrogen-bond donors (Lipinski definition) is 1. The molecule has 1 atom stereocenters. The van der Waals surface area contributed by atoms with Crippen LogP contribution in [0.25, 0.3) is 0 Å². The third-order valence-corrected chi connectivity index (χ3v) is 4.13. The van der Waals surface area contributed by atoms with Crippen LogP contribution in [-0.4, -0.2) is 24.0 Å². The molecule has 22 heavy (non-hydrogen) atoms. The number of halogens is 2. The lowest BCUT2D eigenvalue weighted by molar-refractivity contribution is 0.319. The molecular weight excluding hydrogens is 282 g/mol. The first-order chi connectivity index (χ1) is 10.7. The molecule has 0 spiro atoms. The fraction of sp³-hybridized carbons (Fsp3) is 0.333. The van der Waals surface area contributed by atoms with Gasteiger partial charge in [0.25, 0.3) is 0 Å². The van der Waals surface area contributed by atoms with E-state index in [4.69, 9.17) is 0 Å². The first-order valence-corrected chi connectivity index (χ1v) is 7.65. The van der Waals surface area contributed by atoms with Gasteiger partial charge in [-0.1, -0.05) is 42.5 Å². The Hall–Kier alpha value is -1.78. The minimum absolute atomic E-state index is 0.325. The van der Waals surface area contributed by atoms with Crippen LogP contribution in [-0.2, 0) is 13.1 Å². The minimum atomic E-state index is -0.781. The second-order valence-electron chi connectivity index (χ2n) is 5.80. The summed E-state index contributed by atoms with van der Waals surface area (Å²) in [5, 5.41) is 3.33. The van der Waals surface area contributed by atoms with Crippen LogP contribution in [0.15, 0.2) is 48.5 Å². The third-order valence-electron chi connectivity index (χ3n) is 4.13. The highest BCUT2D eigenvalue weighted by molar-refractivity contribution is 5.19. The van der Waals surface area contributed by atoms with E-state index in [1.54, 1.807) is 12.1 Å². The Balaban J connectivity index is 1.50. The molecule has 0 amide bonds. The Morgan fingerprint density at radius 2 is 1.86 bits per heavy atom. The van der Waals surface area contributed by atoms with Crippen LogP contribution in [0, 0.1) is 11.6 Å². The van der Waals surface area contributed by atoms with Gasteiger partial charge in [0.15, 0.2) is 11.6 Å². The molecule has 0 saturated carbocycles. The van der Waals surface area contributed by atoms with E-state index in [9.17, 15) is 8.78 Å². The van der Waals surface area contributed by atoms with Gasteiger partial charge >= 0.3 is 0 Å². The lowest BCUT2D eigenvalue weighted by Gasteiger charge is -2.17. The number of likely N-dealkylation sites (tertiary alicyclic amines) is 1. The fourth-order valence-corrected chi connectivity index (χ4v) is 2.92. The summed E-state index contributed by atoms with van der Waals surface area (Å²) < 4.78 is 26.8. The molecule has 2 aromatic rings. The maximum absolute atomic E-state index is 13.6. The van der Waals surface area contributed by atoms with Crippen LogP contribution >= 0.6 is 0 Å². The number of nitrogens with one attached hydrogen (secondary N) is 1. The molecule has 116 valence electrons. The van der Waals surface area contributed by atoms with Gasteiger partial charge in [-0.05, 0) is 18.1 Å². The van der Waals surface area contributed by atoms with E-state index in [-0.39, 0.29) is 0 Å². The van der Waals surface area contributed by atoms with Gasteiger partial charge in [-0.2, -0.15) is 0 Å². The van der Waals surface area contributed by atoms with Crippen LogP contribution in [0.4, 0.5) is 8.78 Å². The number of benzene rings is 2. The van der Waals surface area contributed by atoms with Crippen LogP contribution in [0.2, 0.25) is 0 Å². The van der Waals surface area contributed by atoms with Crippen molar-refractivity contribution >= 4 is 0 Å². The van der Waals surface area contributed by atoms with E-state index in [0.29, 0.717) is 18.2 Å². The van der Waals surface area contributed by atoms with Crippen molar-refractivity contribution in [3.63, 3.8) is 0 Å². The summed E-state index contributed by atoms with van der Waals surface area (Å²) in [5.74, 6) is -1.52. The van der Waals surface area contributed by atoms with Crippen molar-refractivity contribution in [2.45, 2.75) is 25.6 Å². The van der Waals surface area contributed by atoms with Crippen molar-refractivity contribution in [3.05, 3.63) is 71.3 Å². The van der Waals surface area contributed by atoms with Gasteiger partial charge in [0.1, 0.15) is 0 Å². The standard InChI is InChI=1S/C18H20F2N2/c19-17-8-4-7-15(18(17)20)11-21-16-9-10-22(13-16)12-14-5-2-1-3-6-14/h1-8,16,21H,9-13H2/t16-/m1/s1. The molecule has 2 nitrogen and oxygen atoms in total. The molecule has 0 aromatic heterocycles. The summed E-state index contributed by atoms with van der Waals surface area (Å²) in [6, 6.07) is 15.0. The molecule has 0 radical (unpaired) electrons. The number of rotatable bonds is 5. The van der Waals surface area contributed by atoms with Gasteiger partial charge < -0.3 is 5.32 Å². The molecule has 1 saturated heterocycles. The van der Waals surface area contributed by atoms with E-state index in [2.05, 4.69) is 22.3 Å². The Labute approximate surface area is 129 Å². The van der Waals surface area contributed by atoms with E-state index >= 15 is 0 Å². The summed E-state index contributed by atoms with van der Waals surface area (Å²) in [6.45, 7) is 3.27. The summed E-state index contributed by atoms with van der Waals surface area (Å²) in [6.07, 6.45) is 1.03. The number of nitrogens with zero attached hydrogens (tertiary/aromatic N) is 1. The van der Waals surface area contributed by atoms with Gasteiger partial charge in [0.05, 0.1) is 0 Å². The molecule has 0 bridgehead atoms. The van der Waals surface area contributed by atoms with Crippen LogP contribution in [0.1, 0.15) is 17.5 Å². The smallest absolute Gasteiger partial charge is 0.163 e. The zero-order valence-corrected chi connectivity index (χ0v) is 12.4. The first-order valence-electron chi connectivity index (χ1n) is 7.65.